The first-order valence-corrected chi connectivity index (χ1v) is 4.75. The van der Waals surface area contributed by atoms with E-state index in [0.717, 1.165) is 0 Å². The summed E-state index contributed by atoms with van der Waals surface area (Å²) in [5.41, 5.74) is -13.9. The highest BCUT2D eigenvalue weighted by molar-refractivity contribution is 5.88. The number of hydrogen-bond acceptors (Lipinski definition) is 2. The molecule has 0 aliphatic heterocycles. The zero-order valence-electron chi connectivity index (χ0n) is 9.49. The summed E-state index contributed by atoms with van der Waals surface area (Å²) in [5, 5.41) is 16.0. The van der Waals surface area contributed by atoms with Crippen molar-refractivity contribution in [2.24, 2.45) is 0 Å². The maximum absolute atomic E-state index is 13.5. The van der Waals surface area contributed by atoms with Crippen molar-refractivity contribution in [3.05, 3.63) is 0 Å². The van der Waals surface area contributed by atoms with E-state index in [2.05, 4.69) is 0 Å². The van der Waals surface area contributed by atoms with Gasteiger partial charge in [-0.05, 0) is 0 Å². The number of aliphatic carboxylic acids is 2. The quantitative estimate of drug-likeness (QED) is 0.747. The van der Waals surface area contributed by atoms with Crippen LogP contribution in [0.25, 0.3) is 0 Å². The van der Waals surface area contributed by atoms with Crippen molar-refractivity contribution >= 4 is 11.9 Å². The lowest BCUT2D eigenvalue weighted by Gasteiger charge is -2.51. The highest BCUT2D eigenvalue weighted by Crippen LogP contribution is 2.68. The Kier molecular flexibility index (Phi) is 3.29. The van der Waals surface area contributed by atoms with Crippen LogP contribution in [0.5, 0.6) is 0 Å². The summed E-state index contributed by atoms with van der Waals surface area (Å²) in [4.78, 5) is 20.5. The average molecular weight is 352 g/mol. The normalized spacial score (nSPS) is 38.3. The lowest BCUT2D eigenvalue weighted by atomic mass is 9.66. The van der Waals surface area contributed by atoms with Gasteiger partial charge in [0.15, 0.2) is 0 Å². The van der Waals surface area contributed by atoms with Gasteiger partial charge in [0.2, 0.25) is 0 Å². The number of carboxylic acids is 2. The smallest absolute Gasteiger partial charge is 0.380 e. The first-order valence-electron chi connectivity index (χ1n) is 4.75. The second-order valence-electron chi connectivity index (χ2n) is 4.22. The minimum absolute atomic E-state index is 4.15. The Morgan fingerprint density at radius 3 is 0.909 bits per heavy atom. The Hall–Kier alpha value is -1.76. The van der Waals surface area contributed by atoms with Crippen LogP contribution in [0.3, 0.4) is 0 Å². The zero-order chi connectivity index (χ0) is 18.2. The molecule has 2 N–H and O–H groups in total. The molecule has 0 spiro atoms. The minimum atomic E-state index is -7.40. The van der Waals surface area contributed by atoms with Crippen LogP contribution < -0.4 is 0 Å². The molecule has 4 nitrogen and oxygen atoms in total. The van der Waals surface area contributed by atoms with E-state index in [1.807, 2.05) is 0 Å². The van der Waals surface area contributed by atoms with Crippen molar-refractivity contribution in [3.8, 4) is 0 Å². The minimum Gasteiger partial charge on any atom is -0.479 e. The molecule has 0 saturated heterocycles. The predicted molar refractivity (Wildman–Crippen MR) is 42.7 cm³/mol. The molecule has 14 heteroatoms. The van der Waals surface area contributed by atoms with Gasteiger partial charge in [-0.15, -0.1) is 0 Å². The average Bonchev–Trinajstić information content (AvgIpc) is 2.33. The molecule has 22 heavy (non-hydrogen) atoms. The monoisotopic (exact) mass is 352 g/mol. The Labute approximate surface area is 112 Å². The van der Waals surface area contributed by atoms with Crippen LogP contribution in [0, 0.1) is 0 Å². The molecule has 128 valence electrons. The first kappa shape index (κ1) is 18.3. The Morgan fingerprint density at radius 1 is 0.500 bits per heavy atom. The third-order valence-electron chi connectivity index (χ3n) is 3.11. The van der Waals surface area contributed by atoms with Crippen LogP contribution >= 0.6 is 0 Å². The highest BCUT2D eigenvalue weighted by Gasteiger charge is 3.04. The van der Waals surface area contributed by atoms with E-state index in [9.17, 15) is 53.5 Å². The van der Waals surface area contributed by atoms with Crippen molar-refractivity contribution in [2.45, 2.75) is 35.0 Å². The van der Waals surface area contributed by atoms with Gasteiger partial charge in [0.05, 0.1) is 0 Å². The summed E-state index contributed by atoms with van der Waals surface area (Å²) in [5.74, 6) is -37.6. The molecule has 0 bridgehead atoms. The van der Waals surface area contributed by atoms with Gasteiger partial charge in [0, 0.05) is 0 Å². The maximum Gasteiger partial charge on any atom is 0.380 e. The lowest BCUT2D eigenvalue weighted by Crippen LogP contribution is -2.88. The second kappa shape index (κ2) is 3.95. The van der Waals surface area contributed by atoms with Gasteiger partial charge in [-0.1, -0.05) is 0 Å². The first-order chi connectivity index (χ1) is 9.39. The SMILES string of the molecule is O=C(O)C1(F)C(F)(F)C(F)(F)C(F)(F)C(F)(C(=O)O)C1(F)F. The molecule has 0 amide bonds. The van der Waals surface area contributed by atoms with E-state index >= 15 is 0 Å². The summed E-state index contributed by atoms with van der Waals surface area (Å²) in [6.45, 7) is 0. The molecule has 0 heterocycles. The van der Waals surface area contributed by atoms with Crippen LogP contribution in [0.4, 0.5) is 43.9 Å². The molecule has 1 aliphatic rings. The number of halogens is 10. The van der Waals surface area contributed by atoms with Gasteiger partial charge in [-0.3, -0.25) is 0 Å². The second-order valence-corrected chi connectivity index (χ2v) is 4.22. The number of carbonyl (C=O) groups is 2. The van der Waals surface area contributed by atoms with Gasteiger partial charge < -0.3 is 10.2 Å². The fraction of sp³-hybridized carbons (Fsp3) is 0.750. The number of alkyl halides is 10. The van der Waals surface area contributed by atoms with Crippen molar-refractivity contribution in [2.75, 3.05) is 0 Å². The van der Waals surface area contributed by atoms with Crippen molar-refractivity contribution in [1.82, 2.24) is 0 Å². The van der Waals surface area contributed by atoms with Crippen LogP contribution in [0.2, 0.25) is 0 Å². The number of hydrogen-bond donors (Lipinski definition) is 2. The molecule has 1 rings (SSSR count). The molecular formula is C8H2F10O4. The molecule has 0 aromatic carbocycles. The van der Waals surface area contributed by atoms with Crippen molar-refractivity contribution < 1.29 is 63.7 Å². The van der Waals surface area contributed by atoms with E-state index in [1.54, 1.807) is 0 Å². The molecule has 1 saturated carbocycles. The van der Waals surface area contributed by atoms with Gasteiger partial charge in [-0.2, -0.15) is 35.1 Å². The molecule has 0 aromatic heterocycles. The fourth-order valence-electron chi connectivity index (χ4n) is 1.80. The van der Waals surface area contributed by atoms with E-state index in [0.29, 0.717) is 0 Å². The lowest BCUT2D eigenvalue weighted by molar-refractivity contribution is -0.446. The number of carboxylic acid groups (broad SMARTS) is 2. The largest absolute Gasteiger partial charge is 0.479 e. The van der Waals surface area contributed by atoms with Gasteiger partial charge in [-0.25, -0.2) is 18.4 Å². The van der Waals surface area contributed by atoms with E-state index in [1.165, 1.54) is 0 Å². The van der Waals surface area contributed by atoms with Gasteiger partial charge >= 0.3 is 47.0 Å². The Balaban J connectivity index is 4.04. The summed E-state index contributed by atoms with van der Waals surface area (Å²) in [6, 6.07) is 0. The van der Waals surface area contributed by atoms with Crippen molar-refractivity contribution in [1.29, 1.82) is 0 Å². The fourth-order valence-corrected chi connectivity index (χ4v) is 1.80. The summed E-state index contributed by atoms with van der Waals surface area (Å²) < 4.78 is 132. The molecule has 2 atom stereocenters. The van der Waals surface area contributed by atoms with Gasteiger partial charge in [0.1, 0.15) is 0 Å². The summed E-state index contributed by atoms with van der Waals surface area (Å²) in [6.07, 6.45) is 0. The predicted octanol–water partition coefficient (Wildman–Crippen LogP) is 2.13. The molecular weight excluding hydrogens is 350 g/mol. The Bertz CT molecular complexity index is 501. The summed E-state index contributed by atoms with van der Waals surface area (Å²) >= 11 is 0. The van der Waals surface area contributed by atoms with E-state index in [-0.39, 0.29) is 0 Å². The van der Waals surface area contributed by atoms with E-state index < -0.39 is 47.0 Å². The molecule has 1 aliphatic carbocycles. The highest BCUT2D eigenvalue weighted by atomic mass is 19.4. The maximum atomic E-state index is 13.5. The molecule has 0 radical (unpaired) electrons. The van der Waals surface area contributed by atoms with Crippen LogP contribution in [0.15, 0.2) is 0 Å². The van der Waals surface area contributed by atoms with Crippen molar-refractivity contribution in [3.63, 3.8) is 0 Å². The zero-order valence-corrected chi connectivity index (χ0v) is 9.49. The standard InChI is InChI=1S/C8H2F10O4/c9-3(1(19)20)5(11,12)4(10,2(21)22)7(15,16)8(17,18)6(3,13)14/h(H,19,20)(H,21,22). The molecule has 1 fully saturated rings. The summed E-state index contributed by atoms with van der Waals surface area (Å²) in [7, 11) is 0. The molecule has 2 unspecified atom stereocenters. The van der Waals surface area contributed by atoms with Gasteiger partial charge in [0.25, 0.3) is 0 Å². The van der Waals surface area contributed by atoms with Crippen LogP contribution in [-0.4, -0.2) is 57.2 Å². The van der Waals surface area contributed by atoms with Crippen LogP contribution in [-0.2, 0) is 9.59 Å². The third kappa shape index (κ3) is 1.31. The molecule has 0 aromatic rings. The number of rotatable bonds is 2. The Morgan fingerprint density at radius 2 is 0.727 bits per heavy atom. The van der Waals surface area contributed by atoms with E-state index in [4.69, 9.17) is 10.2 Å². The van der Waals surface area contributed by atoms with Crippen LogP contribution in [0.1, 0.15) is 0 Å². The third-order valence-corrected chi connectivity index (χ3v) is 3.11. The topological polar surface area (TPSA) is 74.6 Å².